The molecule has 0 aliphatic carbocycles. The molecule has 0 amide bonds. The van der Waals surface area contributed by atoms with Gasteiger partial charge in [-0.3, -0.25) is 0 Å². The van der Waals surface area contributed by atoms with Crippen molar-refractivity contribution in [3.05, 3.63) is 23.8 Å². The molecule has 1 unspecified atom stereocenters. The van der Waals surface area contributed by atoms with E-state index in [4.69, 9.17) is 0 Å². The van der Waals surface area contributed by atoms with Crippen LogP contribution in [-0.2, 0) is 6.42 Å². The second kappa shape index (κ2) is 5.05. The number of rotatable bonds is 2. The molecule has 0 spiro atoms. The molecule has 0 radical (unpaired) electrons. The van der Waals surface area contributed by atoms with Crippen LogP contribution in [0.2, 0.25) is 0 Å². The zero-order chi connectivity index (χ0) is 15.1. The lowest BCUT2D eigenvalue weighted by Crippen LogP contribution is -2.52. The monoisotopic (exact) mass is 305 g/mol. The molecule has 7 heteroatoms. The molecule has 1 atom stereocenters. The van der Waals surface area contributed by atoms with Crippen molar-refractivity contribution in [1.29, 1.82) is 0 Å². The average Bonchev–Trinajstić information content (AvgIpc) is 2.41. The third-order valence-electron chi connectivity index (χ3n) is 3.75. The van der Waals surface area contributed by atoms with Crippen molar-refractivity contribution in [3.8, 4) is 11.5 Å². The summed E-state index contributed by atoms with van der Waals surface area (Å²) in [5, 5.41) is 3.27. The van der Waals surface area contributed by atoms with Gasteiger partial charge < -0.3 is 14.8 Å². The summed E-state index contributed by atoms with van der Waals surface area (Å²) in [4.78, 5) is 0. The van der Waals surface area contributed by atoms with Crippen LogP contribution in [-0.4, -0.2) is 25.3 Å². The van der Waals surface area contributed by atoms with Crippen molar-refractivity contribution < 1.29 is 27.0 Å². The van der Waals surface area contributed by atoms with E-state index in [1.165, 1.54) is 12.1 Å². The van der Waals surface area contributed by atoms with Gasteiger partial charge in [0.2, 0.25) is 0 Å². The third-order valence-corrected chi connectivity index (χ3v) is 3.75. The molecular formula is C14H15F4NO2. The predicted octanol–water partition coefficient (Wildman–Crippen LogP) is 3.19. The maximum atomic E-state index is 13.1. The first-order chi connectivity index (χ1) is 9.87. The smallest absolute Gasteiger partial charge is 0.421 e. The summed E-state index contributed by atoms with van der Waals surface area (Å²) in [6.45, 7) is 1.85. The minimum absolute atomic E-state index is 0.341. The lowest BCUT2D eigenvalue weighted by atomic mass is 9.92. The fourth-order valence-corrected chi connectivity index (χ4v) is 2.67. The Morgan fingerprint density at radius 3 is 2.48 bits per heavy atom. The van der Waals surface area contributed by atoms with Crippen LogP contribution in [0.1, 0.15) is 18.4 Å². The molecule has 1 aromatic rings. The third kappa shape index (κ3) is 2.79. The molecule has 21 heavy (non-hydrogen) atoms. The van der Waals surface area contributed by atoms with Gasteiger partial charge in [-0.15, -0.1) is 0 Å². The van der Waals surface area contributed by atoms with Crippen molar-refractivity contribution in [2.75, 3.05) is 13.1 Å². The topological polar surface area (TPSA) is 30.5 Å². The van der Waals surface area contributed by atoms with Gasteiger partial charge in [-0.25, -0.2) is 0 Å². The molecule has 0 bridgehead atoms. The second-order valence-corrected chi connectivity index (χ2v) is 5.44. The van der Waals surface area contributed by atoms with Gasteiger partial charge in [-0.2, -0.15) is 17.6 Å². The van der Waals surface area contributed by atoms with Crippen molar-refractivity contribution in [1.82, 2.24) is 5.32 Å². The Kier molecular flexibility index (Phi) is 3.47. The van der Waals surface area contributed by atoms with E-state index in [-0.39, 0.29) is 11.5 Å². The number of fused-ring (bicyclic) bond motifs is 1. The molecule has 3 nitrogen and oxygen atoms in total. The van der Waals surface area contributed by atoms with Gasteiger partial charge in [0, 0.05) is 0 Å². The molecule has 2 aliphatic heterocycles. The zero-order valence-corrected chi connectivity index (χ0v) is 11.2. The van der Waals surface area contributed by atoms with Crippen LogP contribution >= 0.6 is 0 Å². The summed E-state index contributed by atoms with van der Waals surface area (Å²) in [6, 6.07) is 4.22. The van der Waals surface area contributed by atoms with E-state index in [0.717, 1.165) is 31.5 Å². The summed E-state index contributed by atoms with van der Waals surface area (Å²) >= 11 is 0. The zero-order valence-electron chi connectivity index (χ0n) is 11.2. The number of ether oxygens (including phenoxy) is 2. The maximum Gasteiger partial charge on any atom is 0.507 e. The van der Waals surface area contributed by atoms with Crippen molar-refractivity contribution in [3.63, 3.8) is 0 Å². The summed E-state index contributed by atoms with van der Waals surface area (Å²) in [6.07, 6.45) is -6.51. The number of halogens is 4. The number of alkyl halides is 4. The summed E-state index contributed by atoms with van der Waals surface area (Å²) in [5.41, 5.74) is 0.770. The molecule has 0 aromatic heterocycles. The summed E-state index contributed by atoms with van der Waals surface area (Å²) in [5.74, 6) is -0.299. The highest BCUT2D eigenvalue weighted by Gasteiger charge is 2.65. The standard InChI is InChI=1S/C14H15F4NO2/c15-13(16)14(17,18)21-12-7-9(3-4-11(12)20-13)6-10-2-1-5-19-8-10/h3-4,7,10,19H,1-2,5-6,8H2. The normalized spacial score (nSPS) is 26.4. The quantitative estimate of drug-likeness (QED) is 0.851. The van der Waals surface area contributed by atoms with E-state index >= 15 is 0 Å². The molecule has 116 valence electrons. The maximum absolute atomic E-state index is 13.1. The molecule has 2 heterocycles. The molecule has 2 aliphatic rings. The first-order valence-corrected chi connectivity index (χ1v) is 6.85. The molecular weight excluding hydrogens is 290 g/mol. The Hall–Kier alpha value is -1.50. The van der Waals surface area contributed by atoms with Crippen molar-refractivity contribution in [2.45, 2.75) is 31.5 Å². The molecule has 1 aromatic carbocycles. The highest BCUT2D eigenvalue weighted by Crippen LogP contribution is 2.47. The van der Waals surface area contributed by atoms with Gasteiger partial charge in [0.05, 0.1) is 0 Å². The Bertz CT molecular complexity index is 530. The number of benzene rings is 1. The van der Waals surface area contributed by atoms with Crippen LogP contribution in [0.25, 0.3) is 0 Å². The number of piperidine rings is 1. The Morgan fingerprint density at radius 2 is 1.81 bits per heavy atom. The van der Waals surface area contributed by atoms with E-state index < -0.39 is 12.2 Å². The lowest BCUT2D eigenvalue weighted by molar-refractivity contribution is -0.391. The van der Waals surface area contributed by atoms with Crippen LogP contribution in [0.4, 0.5) is 17.6 Å². The van der Waals surface area contributed by atoms with E-state index in [2.05, 4.69) is 14.8 Å². The van der Waals surface area contributed by atoms with Gasteiger partial charge in [-0.05, 0) is 56.0 Å². The van der Waals surface area contributed by atoms with Crippen LogP contribution in [0, 0.1) is 5.92 Å². The molecule has 1 N–H and O–H groups in total. The fourth-order valence-electron chi connectivity index (χ4n) is 2.67. The fraction of sp³-hybridized carbons (Fsp3) is 0.571. The first-order valence-electron chi connectivity index (χ1n) is 6.85. The SMILES string of the molecule is FC1(F)Oc2ccc(CC3CCCNC3)cc2OC1(F)F. The van der Waals surface area contributed by atoms with Gasteiger partial charge >= 0.3 is 12.2 Å². The van der Waals surface area contributed by atoms with E-state index in [0.29, 0.717) is 12.3 Å². The van der Waals surface area contributed by atoms with Crippen LogP contribution in [0.3, 0.4) is 0 Å². The van der Waals surface area contributed by atoms with E-state index in [1.54, 1.807) is 6.07 Å². The number of hydrogen-bond acceptors (Lipinski definition) is 3. The van der Waals surface area contributed by atoms with Gasteiger partial charge in [0.25, 0.3) is 0 Å². The van der Waals surface area contributed by atoms with E-state index in [9.17, 15) is 17.6 Å². The summed E-state index contributed by atoms with van der Waals surface area (Å²) < 4.78 is 60.5. The van der Waals surface area contributed by atoms with Crippen LogP contribution in [0.5, 0.6) is 11.5 Å². The lowest BCUT2D eigenvalue weighted by Gasteiger charge is -2.32. The minimum Gasteiger partial charge on any atom is -0.421 e. The average molecular weight is 305 g/mol. The molecule has 1 fully saturated rings. The minimum atomic E-state index is -4.66. The molecule has 0 saturated carbocycles. The highest BCUT2D eigenvalue weighted by atomic mass is 19.3. The summed E-state index contributed by atoms with van der Waals surface area (Å²) in [7, 11) is 0. The highest BCUT2D eigenvalue weighted by molar-refractivity contribution is 5.44. The Balaban J connectivity index is 1.79. The van der Waals surface area contributed by atoms with E-state index in [1.807, 2.05) is 0 Å². The van der Waals surface area contributed by atoms with Crippen molar-refractivity contribution in [2.24, 2.45) is 5.92 Å². The predicted molar refractivity (Wildman–Crippen MR) is 66.9 cm³/mol. The first kappa shape index (κ1) is 14.4. The molecule has 3 rings (SSSR count). The largest absolute Gasteiger partial charge is 0.507 e. The molecule has 1 saturated heterocycles. The second-order valence-electron chi connectivity index (χ2n) is 5.44. The van der Waals surface area contributed by atoms with Crippen LogP contribution < -0.4 is 14.8 Å². The van der Waals surface area contributed by atoms with Gasteiger partial charge in [0.1, 0.15) is 0 Å². The Morgan fingerprint density at radius 1 is 1.10 bits per heavy atom. The van der Waals surface area contributed by atoms with Crippen LogP contribution in [0.15, 0.2) is 18.2 Å². The Labute approximate surface area is 119 Å². The van der Waals surface area contributed by atoms with Gasteiger partial charge in [-0.1, -0.05) is 6.07 Å². The number of hydrogen-bond donors (Lipinski definition) is 1. The number of nitrogens with one attached hydrogen (secondary N) is 1. The van der Waals surface area contributed by atoms with Gasteiger partial charge in [0.15, 0.2) is 11.5 Å². The van der Waals surface area contributed by atoms with Crippen molar-refractivity contribution >= 4 is 0 Å².